The minimum Gasteiger partial charge on any atom is -0.325 e. The average molecular weight is 427 g/mol. The zero-order valence-electron chi connectivity index (χ0n) is 16.5. The van der Waals surface area contributed by atoms with Gasteiger partial charge in [-0.15, -0.1) is 0 Å². The summed E-state index contributed by atoms with van der Waals surface area (Å²) in [6.45, 7) is 0.372. The number of carbonyl (C=O) groups excluding carboxylic acids is 1. The second-order valence-electron chi connectivity index (χ2n) is 6.81. The number of aromatic nitrogens is 2. The number of nitrogens with one attached hydrogen (secondary N) is 1. The Labute approximate surface area is 183 Å². The molecule has 1 aromatic heterocycles. The number of nitrogens with zero attached hydrogens (tertiary/aromatic N) is 3. The number of hydrogen-bond acceptors (Lipinski definition) is 5. The number of carbonyl (C=O) groups is 1. The smallest absolute Gasteiger partial charge is 0.262 e. The van der Waals surface area contributed by atoms with E-state index in [1.807, 2.05) is 48.5 Å². The molecule has 7 heteroatoms. The molecule has 0 fully saturated rings. The van der Waals surface area contributed by atoms with Gasteiger partial charge in [-0.1, -0.05) is 54.2 Å². The van der Waals surface area contributed by atoms with Crippen LogP contribution >= 0.6 is 11.8 Å². The van der Waals surface area contributed by atoms with Crippen molar-refractivity contribution in [1.29, 1.82) is 5.26 Å². The summed E-state index contributed by atoms with van der Waals surface area (Å²) < 4.78 is 1.61. The molecule has 1 N–H and O–H groups in total. The fourth-order valence-corrected chi connectivity index (χ4v) is 3.92. The Morgan fingerprint density at radius 1 is 1.00 bits per heavy atom. The van der Waals surface area contributed by atoms with Crippen molar-refractivity contribution in [3.8, 4) is 6.07 Å². The monoisotopic (exact) mass is 426 g/mol. The number of thioether (sulfide) groups is 1. The maximum atomic E-state index is 13.1. The van der Waals surface area contributed by atoms with E-state index in [2.05, 4.69) is 10.3 Å². The molecule has 0 aliphatic carbocycles. The van der Waals surface area contributed by atoms with E-state index in [-0.39, 0.29) is 17.2 Å². The summed E-state index contributed by atoms with van der Waals surface area (Å²) in [6, 6.07) is 25.6. The summed E-state index contributed by atoms with van der Waals surface area (Å²) in [6.07, 6.45) is 0. The number of amides is 1. The van der Waals surface area contributed by atoms with Crippen LogP contribution < -0.4 is 10.9 Å². The van der Waals surface area contributed by atoms with E-state index in [0.717, 1.165) is 5.56 Å². The van der Waals surface area contributed by atoms with Gasteiger partial charge < -0.3 is 5.32 Å². The Bertz CT molecular complexity index is 1330. The van der Waals surface area contributed by atoms with E-state index in [9.17, 15) is 9.59 Å². The van der Waals surface area contributed by atoms with Gasteiger partial charge in [0.1, 0.15) is 0 Å². The molecule has 1 amide bonds. The van der Waals surface area contributed by atoms with Gasteiger partial charge >= 0.3 is 0 Å². The number of fused-ring (bicyclic) bond motifs is 1. The summed E-state index contributed by atoms with van der Waals surface area (Å²) in [4.78, 5) is 30.2. The highest BCUT2D eigenvalue weighted by molar-refractivity contribution is 7.99. The highest BCUT2D eigenvalue weighted by atomic mass is 32.2. The lowest BCUT2D eigenvalue weighted by Crippen LogP contribution is -2.24. The molecular formula is C24H18N4O2S. The Balaban J connectivity index is 1.58. The third-order valence-corrected chi connectivity index (χ3v) is 5.62. The van der Waals surface area contributed by atoms with E-state index in [1.165, 1.54) is 11.8 Å². The van der Waals surface area contributed by atoms with E-state index >= 15 is 0 Å². The number of hydrogen-bond donors (Lipinski definition) is 1. The molecule has 0 unspecified atom stereocenters. The first kappa shape index (κ1) is 20.4. The molecule has 0 saturated carbocycles. The van der Waals surface area contributed by atoms with Crippen molar-refractivity contribution in [2.24, 2.45) is 0 Å². The SMILES string of the molecule is N#Cc1ccc(NC(=O)CSc2nc3ccccc3c(=O)n2Cc2ccccc2)cc1. The number of rotatable bonds is 6. The van der Waals surface area contributed by atoms with Gasteiger partial charge in [0.05, 0.1) is 34.8 Å². The second kappa shape index (κ2) is 9.28. The summed E-state index contributed by atoms with van der Waals surface area (Å²) in [5.41, 5.74) is 2.58. The number of nitriles is 1. The van der Waals surface area contributed by atoms with Crippen molar-refractivity contribution in [2.75, 3.05) is 11.1 Å². The summed E-state index contributed by atoms with van der Waals surface area (Å²) in [5, 5.41) is 12.7. The maximum Gasteiger partial charge on any atom is 0.262 e. The summed E-state index contributed by atoms with van der Waals surface area (Å²) >= 11 is 1.22. The highest BCUT2D eigenvalue weighted by Gasteiger charge is 2.14. The number of para-hydroxylation sites is 1. The Hall–Kier alpha value is -3.89. The second-order valence-corrected chi connectivity index (χ2v) is 7.76. The standard InChI is InChI=1S/C24H18N4O2S/c25-14-17-10-12-19(13-11-17)26-22(29)16-31-24-27-21-9-5-4-8-20(21)23(30)28(24)15-18-6-2-1-3-7-18/h1-13H,15-16H2,(H,26,29). The van der Waals surface area contributed by atoms with Crippen molar-refractivity contribution in [3.63, 3.8) is 0 Å². The van der Waals surface area contributed by atoms with Crippen molar-refractivity contribution in [1.82, 2.24) is 9.55 Å². The van der Waals surface area contributed by atoms with Crippen LogP contribution in [0.5, 0.6) is 0 Å². The lowest BCUT2D eigenvalue weighted by molar-refractivity contribution is -0.113. The van der Waals surface area contributed by atoms with Crippen LogP contribution in [0.4, 0.5) is 5.69 Å². The van der Waals surface area contributed by atoms with Crippen LogP contribution in [0.15, 0.2) is 88.8 Å². The maximum absolute atomic E-state index is 13.1. The lowest BCUT2D eigenvalue weighted by atomic mass is 10.2. The van der Waals surface area contributed by atoms with Gasteiger partial charge in [-0.2, -0.15) is 5.26 Å². The summed E-state index contributed by atoms with van der Waals surface area (Å²) in [7, 11) is 0. The largest absolute Gasteiger partial charge is 0.325 e. The molecule has 1 heterocycles. The minimum atomic E-state index is -0.219. The van der Waals surface area contributed by atoms with E-state index < -0.39 is 0 Å². The third kappa shape index (κ3) is 4.82. The Morgan fingerprint density at radius 2 is 1.71 bits per heavy atom. The quantitative estimate of drug-likeness (QED) is 0.371. The number of benzene rings is 3. The molecule has 3 aromatic carbocycles. The molecule has 0 saturated heterocycles. The van der Waals surface area contributed by atoms with Gasteiger partial charge in [0.15, 0.2) is 5.16 Å². The Morgan fingerprint density at radius 3 is 2.45 bits per heavy atom. The van der Waals surface area contributed by atoms with E-state index in [4.69, 9.17) is 5.26 Å². The van der Waals surface area contributed by atoms with Crippen molar-refractivity contribution in [2.45, 2.75) is 11.7 Å². The van der Waals surface area contributed by atoms with Gasteiger partial charge in [0.25, 0.3) is 5.56 Å². The molecule has 0 atom stereocenters. The van der Waals surface area contributed by atoms with E-state index in [1.54, 1.807) is 41.0 Å². The van der Waals surface area contributed by atoms with Gasteiger partial charge in [-0.05, 0) is 42.0 Å². The predicted octanol–water partition coefficient (Wildman–Crippen LogP) is 4.05. The zero-order chi connectivity index (χ0) is 21.6. The molecule has 152 valence electrons. The van der Waals surface area contributed by atoms with Gasteiger partial charge in [0.2, 0.25) is 5.91 Å². The predicted molar refractivity (Wildman–Crippen MR) is 122 cm³/mol. The van der Waals surface area contributed by atoms with Gasteiger partial charge in [-0.3, -0.25) is 14.2 Å². The van der Waals surface area contributed by atoms with E-state index in [0.29, 0.717) is 33.9 Å². The van der Waals surface area contributed by atoms with Gasteiger partial charge in [-0.25, -0.2) is 4.98 Å². The molecule has 0 radical (unpaired) electrons. The van der Waals surface area contributed by atoms with Crippen LogP contribution in [-0.2, 0) is 11.3 Å². The molecular weight excluding hydrogens is 408 g/mol. The molecule has 0 aliphatic rings. The minimum absolute atomic E-state index is 0.0968. The molecule has 4 rings (SSSR count). The average Bonchev–Trinajstić information content (AvgIpc) is 2.81. The fraction of sp³-hybridized carbons (Fsp3) is 0.0833. The zero-order valence-corrected chi connectivity index (χ0v) is 17.3. The van der Waals surface area contributed by atoms with Crippen molar-refractivity contribution in [3.05, 3.63) is 100 Å². The van der Waals surface area contributed by atoms with Crippen LogP contribution in [0.3, 0.4) is 0 Å². The topological polar surface area (TPSA) is 87.8 Å². The molecule has 0 spiro atoms. The Kier molecular flexibility index (Phi) is 6.11. The number of anilines is 1. The first-order chi connectivity index (χ1) is 15.1. The van der Waals surface area contributed by atoms with Crippen molar-refractivity contribution >= 4 is 34.3 Å². The first-order valence-electron chi connectivity index (χ1n) is 9.60. The normalized spacial score (nSPS) is 10.5. The first-order valence-corrected chi connectivity index (χ1v) is 10.6. The van der Waals surface area contributed by atoms with Crippen LogP contribution in [0.2, 0.25) is 0 Å². The van der Waals surface area contributed by atoms with Gasteiger partial charge in [0, 0.05) is 5.69 Å². The van der Waals surface area contributed by atoms with Crippen LogP contribution in [0, 0.1) is 11.3 Å². The third-order valence-electron chi connectivity index (χ3n) is 4.64. The van der Waals surface area contributed by atoms with Crippen LogP contribution in [0.1, 0.15) is 11.1 Å². The fourth-order valence-electron chi connectivity index (χ4n) is 3.12. The van der Waals surface area contributed by atoms with Crippen LogP contribution in [-0.4, -0.2) is 21.2 Å². The van der Waals surface area contributed by atoms with Crippen molar-refractivity contribution < 1.29 is 4.79 Å². The molecule has 6 nitrogen and oxygen atoms in total. The summed E-state index contributed by atoms with van der Waals surface area (Å²) in [5.74, 6) is -0.122. The lowest BCUT2D eigenvalue weighted by Gasteiger charge is -2.13. The molecule has 0 bridgehead atoms. The van der Waals surface area contributed by atoms with Crippen LogP contribution in [0.25, 0.3) is 10.9 Å². The molecule has 4 aromatic rings. The molecule has 31 heavy (non-hydrogen) atoms. The highest BCUT2D eigenvalue weighted by Crippen LogP contribution is 2.19. The molecule has 0 aliphatic heterocycles.